The topological polar surface area (TPSA) is 225 Å². The van der Waals surface area contributed by atoms with Crippen molar-refractivity contribution in [2.24, 2.45) is 85.8 Å². The Morgan fingerprint density at radius 2 is 1.23 bits per heavy atom. The Labute approximate surface area is 447 Å². The zero-order valence-corrected chi connectivity index (χ0v) is 48.3. The number of rotatable bonds is 10. The smallest absolute Gasteiger partial charge is 0.387 e. The molecule has 6 saturated heterocycles. The molecular formula is C58H90O15S2. The molecule has 0 aromatic carbocycles. The van der Waals surface area contributed by atoms with Crippen LogP contribution in [0.3, 0.4) is 0 Å². The van der Waals surface area contributed by atoms with Gasteiger partial charge in [0, 0.05) is 39.9 Å². The van der Waals surface area contributed by atoms with Gasteiger partial charge in [0.05, 0.1) is 48.8 Å². The van der Waals surface area contributed by atoms with Crippen LogP contribution in [0.25, 0.3) is 0 Å². The minimum atomic E-state index is -4.83. The molecule has 0 amide bonds. The van der Waals surface area contributed by atoms with Gasteiger partial charge in [-0.15, -0.1) is 0 Å². The minimum absolute atomic E-state index is 0.0253. The monoisotopic (exact) mass is 1090 g/mol. The average Bonchev–Trinajstić information content (AvgIpc) is 3.98. The first-order valence-corrected chi connectivity index (χ1v) is 31.9. The van der Waals surface area contributed by atoms with E-state index in [1.54, 1.807) is 0 Å². The van der Waals surface area contributed by atoms with Crippen LogP contribution >= 0.6 is 0 Å². The Bertz CT molecular complexity index is 2650. The van der Waals surface area contributed by atoms with Crippen molar-refractivity contribution in [3.05, 3.63) is 22.3 Å². The van der Waals surface area contributed by atoms with Gasteiger partial charge in [-0.1, -0.05) is 77.7 Å². The number of aliphatic hydroxyl groups excluding tert-OH is 1. The summed E-state index contributed by atoms with van der Waals surface area (Å²) < 4.78 is 109. The molecule has 14 aliphatic rings. The maximum Gasteiger partial charge on any atom is 0.397 e. The van der Waals surface area contributed by atoms with E-state index in [0.717, 1.165) is 77.0 Å². The molecule has 0 radical (unpaired) electrons. The molecule has 0 aromatic heterocycles. The lowest BCUT2D eigenvalue weighted by molar-refractivity contribution is -0.408. The summed E-state index contributed by atoms with van der Waals surface area (Å²) in [5, 5.41) is 35.0. The number of hydrogen-bond donors (Lipinski definition) is 5. The van der Waals surface area contributed by atoms with Crippen molar-refractivity contribution in [2.75, 3.05) is 13.2 Å². The third-order valence-corrected chi connectivity index (χ3v) is 26.7. The first-order valence-electron chi connectivity index (χ1n) is 29.1. The SMILES string of the molecule is C[C@@H]([C@H]1CC[C@H]2C3=C(CC[C@]12C)[C@]12CC[C@@](O)(OC1)C(C)(C)C2[C@@H](OS(=O)(=O)O)C3)[C@H]1C[C@@H]2C[C@@](C)(OC2(C)C)[C@H](CC[C@@H](C)[C@H]2CC[C@H]3C4=C(CC[C@]23C)[C@@]23CO[C@](O)([C@@H](O)C2)C(C)(C)C3[C@@H](OS(=O)(=O)O)C4)O1. The Kier molecular flexibility index (Phi) is 12.2. The van der Waals surface area contributed by atoms with Crippen LogP contribution in [0.5, 0.6) is 0 Å². The van der Waals surface area contributed by atoms with Crippen LogP contribution in [-0.2, 0) is 48.1 Å². The molecule has 6 bridgehead atoms. The van der Waals surface area contributed by atoms with Crippen LogP contribution in [-0.4, -0.2) is 108 Å². The van der Waals surface area contributed by atoms with E-state index in [-0.39, 0.29) is 65.3 Å². The molecule has 0 aromatic rings. The first-order chi connectivity index (χ1) is 34.6. The normalized spacial score (nSPS) is 51.8. The van der Waals surface area contributed by atoms with Gasteiger partial charge in [-0.25, -0.2) is 8.37 Å². The molecular weight excluding hydrogens is 1000 g/mol. The van der Waals surface area contributed by atoms with Gasteiger partial charge in [0.25, 0.3) is 0 Å². The molecule has 5 N–H and O–H groups in total. The van der Waals surface area contributed by atoms with Gasteiger partial charge in [0.2, 0.25) is 0 Å². The molecule has 6 heterocycles. The van der Waals surface area contributed by atoms with Gasteiger partial charge in [0.1, 0.15) is 6.10 Å². The highest BCUT2D eigenvalue weighted by molar-refractivity contribution is 7.81. The molecule has 10 fully saturated rings. The van der Waals surface area contributed by atoms with Crippen molar-refractivity contribution in [3.63, 3.8) is 0 Å². The molecule has 4 saturated carbocycles. The fraction of sp³-hybridized carbons (Fsp3) is 0.931. The lowest BCUT2D eigenvalue weighted by atomic mass is 9.42. The quantitative estimate of drug-likeness (QED) is 0.101. The molecule has 75 heavy (non-hydrogen) atoms. The van der Waals surface area contributed by atoms with Crippen molar-refractivity contribution in [2.45, 2.75) is 239 Å². The van der Waals surface area contributed by atoms with Crippen molar-refractivity contribution in [1.82, 2.24) is 0 Å². The van der Waals surface area contributed by atoms with Crippen LogP contribution in [0.2, 0.25) is 0 Å². The fourth-order valence-corrected chi connectivity index (χ4v) is 23.4. The van der Waals surface area contributed by atoms with E-state index in [9.17, 15) is 41.3 Å². The average molecular weight is 1090 g/mol. The molecule has 21 atom stereocenters. The number of fused-ring (bicyclic) bond motifs is 10. The molecule has 2 spiro atoms. The molecule has 8 aliphatic carbocycles. The third kappa shape index (κ3) is 7.52. The van der Waals surface area contributed by atoms with E-state index in [2.05, 4.69) is 48.5 Å². The summed E-state index contributed by atoms with van der Waals surface area (Å²) in [5.41, 5.74) is 1.22. The van der Waals surface area contributed by atoms with Gasteiger partial charge in [-0.3, -0.25) is 9.11 Å². The van der Waals surface area contributed by atoms with Crippen LogP contribution in [0.4, 0.5) is 0 Å². The minimum Gasteiger partial charge on any atom is -0.387 e. The van der Waals surface area contributed by atoms with Crippen LogP contribution < -0.4 is 0 Å². The third-order valence-electron chi connectivity index (χ3n) is 25.7. The van der Waals surface area contributed by atoms with Gasteiger partial charge >= 0.3 is 20.8 Å². The molecule has 424 valence electrons. The standard InChI is InChI=1S/C58H90O15S2/c1-31(36-13-15-38-35-26-44(72-75(65,66)67)48-50(5,6)58(61)45(59)28-56(48,30-69-58)41(35)19-20-52(36,38)9)12-17-46-54(11)27-33(51(7,8)73-54)24-42(70-46)32(2)37-14-16-39-34-25-43(71-74(62,63)64)47-49(3,4)57(60)23-22-55(47,29-68-57)40(34)18-21-53(37,39)10/h31-33,36-39,42-48,59-61H,12-30H2,1-11H3,(H,62,63,64)(H,65,66,67)/t31-,32+,33-,36-,37-,38+,39+,42-,43+,44+,45+,46+,47?,48?,52-,53-,54-,55+,56+,57-,58-/m1/s1. The highest BCUT2D eigenvalue weighted by Gasteiger charge is 2.75. The van der Waals surface area contributed by atoms with Crippen LogP contribution in [0, 0.1) is 85.8 Å². The number of aliphatic hydroxyl groups is 3. The van der Waals surface area contributed by atoms with Gasteiger partial charge in [-0.2, -0.15) is 16.8 Å². The van der Waals surface area contributed by atoms with Crippen LogP contribution in [0.15, 0.2) is 22.3 Å². The Morgan fingerprint density at radius 1 is 0.680 bits per heavy atom. The largest absolute Gasteiger partial charge is 0.397 e. The summed E-state index contributed by atoms with van der Waals surface area (Å²) >= 11 is 0. The molecule has 17 heteroatoms. The summed E-state index contributed by atoms with van der Waals surface area (Å²) in [4.78, 5) is 0. The summed E-state index contributed by atoms with van der Waals surface area (Å²) in [6.07, 6.45) is 10.6. The van der Waals surface area contributed by atoms with Crippen molar-refractivity contribution >= 4 is 20.8 Å². The Morgan fingerprint density at radius 3 is 1.79 bits per heavy atom. The van der Waals surface area contributed by atoms with E-state index >= 15 is 0 Å². The van der Waals surface area contributed by atoms with Crippen molar-refractivity contribution < 1.29 is 68.6 Å². The van der Waals surface area contributed by atoms with E-state index in [1.165, 1.54) is 22.3 Å². The summed E-state index contributed by atoms with van der Waals surface area (Å²) in [7, 11) is -9.60. The van der Waals surface area contributed by atoms with E-state index in [4.69, 9.17) is 27.3 Å². The molecule has 2 unspecified atom stereocenters. The summed E-state index contributed by atoms with van der Waals surface area (Å²) in [6, 6.07) is 0. The van der Waals surface area contributed by atoms with E-state index in [0.29, 0.717) is 56.0 Å². The van der Waals surface area contributed by atoms with Crippen LogP contribution in [0.1, 0.15) is 185 Å². The zero-order valence-electron chi connectivity index (χ0n) is 46.7. The predicted molar refractivity (Wildman–Crippen MR) is 277 cm³/mol. The number of ether oxygens (including phenoxy) is 4. The second-order valence-electron chi connectivity index (χ2n) is 29.7. The van der Waals surface area contributed by atoms with Crippen molar-refractivity contribution in [1.29, 1.82) is 0 Å². The second kappa shape index (κ2) is 16.8. The summed E-state index contributed by atoms with van der Waals surface area (Å²) in [5.74, 6) is -1.95. The lowest BCUT2D eigenvalue weighted by Gasteiger charge is -2.69. The number of hydrogen-bond acceptors (Lipinski definition) is 13. The van der Waals surface area contributed by atoms with Gasteiger partial charge in [0.15, 0.2) is 11.6 Å². The fourth-order valence-electron chi connectivity index (χ4n) is 22.4. The molecule has 14 rings (SSSR count). The predicted octanol–water partition coefficient (Wildman–Crippen LogP) is 9.45. The van der Waals surface area contributed by atoms with Crippen molar-refractivity contribution in [3.8, 4) is 0 Å². The molecule has 15 nitrogen and oxygen atoms in total. The first kappa shape index (κ1) is 54.5. The van der Waals surface area contributed by atoms with E-state index in [1.807, 2.05) is 27.7 Å². The lowest BCUT2D eigenvalue weighted by Crippen LogP contribution is -2.76. The maximum absolute atomic E-state index is 12.6. The maximum atomic E-state index is 12.6. The summed E-state index contributed by atoms with van der Waals surface area (Å²) in [6.45, 7) is 24.6. The molecule has 6 aliphatic heterocycles. The van der Waals surface area contributed by atoms with Gasteiger partial charge in [-0.05, 0) is 176 Å². The second-order valence-corrected chi connectivity index (χ2v) is 31.8. The Balaban J connectivity index is 0.788. The highest BCUT2D eigenvalue weighted by atomic mass is 32.3. The van der Waals surface area contributed by atoms with E-state index < -0.39 is 83.9 Å². The zero-order chi connectivity index (χ0) is 54.1. The van der Waals surface area contributed by atoms with Gasteiger partial charge < -0.3 is 34.3 Å². The highest BCUT2D eigenvalue weighted by Crippen LogP contribution is 2.74. The Hall–Kier alpha value is -1.06.